The molecule has 0 unspecified atom stereocenters. The van der Waals surface area contributed by atoms with E-state index in [0.29, 0.717) is 37.2 Å². The highest BCUT2D eigenvalue weighted by Crippen LogP contribution is 2.39. The normalized spacial score (nSPS) is 17.0. The lowest BCUT2D eigenvalue weighted by molar-refractivity contribution is -0.253. The molecule has 0 bridgehead atoms. The Morgan fingerprint density at radius 1 is 0.721 bits per heavy atom. The quantitative estimate of drug-likeness (QED) is 0.0503. The van der Waals surface area contributed by atoms with Crippen molar-refractivity contribution in [3.05, 3.63) is 167 Å². The summed E-state index contributed by atoms with van der Waals surface area (Å²) in [4.78, 5) is 27.3. The Balaban J connectivity index is 0.919. The number of aliphatic hydroxyl groups is 1. The molecule has 5 N–H and O–H groups in total. The highest BCUT2D eigenvalue weighted by atomic mass is 16.7. The number of nitrogen functional groups attached to an aromatic ring is 1. The number of para-hydroxylation sites is 2. The molecule has 1 aliphatic heterocycles. The predicted octanol–water partition coefficient (Wildman–Crippen LogP) is 10.4. The number of hydrogen-bond acceptors (Lipinski definition) is 7. The molecule has 316 valence electrons. The minimum Gasteiger partial charge on any atom is -0.397 e. The Bertz CT molecular complexity index is 2370. The molecule has 4 atom stereocenters. The van der Waals surface area contributed by atoms with Gasteiger partial charge in [0.25, 0.3) is 0 Å². The van der Waals surface area contributed by atoms with E-state index >= 15 is 0 Å². The molecule has 0 spiro atoms. The van der Waals surface area contributed by atoms with Gasteiger partial charge in [-0.2, -0.15) is 0 Å². The number of carbonyl (C=O) groups is 2. The fourth-order valence-corrected chi connectivity index (χ4v) is 7.97. The zero-order valence-corrected chi connectivity index (χ0v) is 35.3. The molecule has 1 saturated heterocycles. The number of benzene rings is 6. The van der Waals surface area contributed by atoms with Crippen molar-refractivity contribution in [1.82, 2.24) is 10.2 Å². The van der Waals surface area contributed by atoms with Crippen LogP contribution in [0.4, 0.5) is 11.4 Å². The third-order valence-corrected chi connectivity index (χ3v) is 11.7. The van der Waals surface area contributed by atoms with E-state index in [1.54, 1.807) is 12.1 Å². The summed E-state index contributed by atoms with van der Waals surface area (Å²) in [6.45, 7) is 3.42. The molecule has 9 nitrogen and oxygen atoms in total. The molecule has 1 aliphatic rings. The highest BCUT2D eigenvalue weighted by Gasteiger charge is 2.33. The van der Waals surface area contributed by atoms with Gasteiger partial charge in [0.05, 0.1) is 30.2 Å². The van der Waals surface area contributed by atoms with E-state index in [4.69, 9.17) is 15.2 Å². The van der Waals surface area contributed by atoms with Gasteiger partial charge in [-0.1, -0.05) is 128 Å². The van der Waals surface area contributed by atoms with Crippen LogP contribution in [0.25, 0.3) is 21.9 Å². The Hall–Kier alpha value is -5.84. The van der Waals surface area contributed by atoms with Crippen molar-refractivity contribution in [3.8, 4) is 11.1 Å². The molecule has 0 radical (unpaired) electrons. The summed E-state index contributed by atoms with van der Waals surface area (Å²) >= 11 is 0. The maximum atomic E-state index is 12.7. The molecule has 6 aromatic rings. The number of aliphatic hydroxyl groups excluding tert-OH is 1. The number of fused-ring (bicyclic) bond motifs is 1. The molecular weight excluding hydrogens is 761 g/mol. The van der Waals surface area contributed by atoms with E-state index in [2.05, 4.69) is 108 Å². The number of unbranched alkanes of at least 4 members (excludes halogenated alkanes) is 3. The maximum Gasteiger partial charge on any atom is 0.224 e. The zero-order valence-electron chi connectivity index (χ0n) is 35.3. The van der Waals surface area contributed by atoms with Gasteiger partial charge in [0.15, 0.2) is 6.29 Å². The standard InChI is InChI=1S/C52H58N4O5/c1-36(43-29-26-39-13-7-8-14-45(39)31-43)56(2)34-46-32-49(41-22-20-37(35-57)21-23-41)61-52(60-46)42-27-24-40(25-28-42)44-15-11-12-38(30-44)33-54-50(58)18-5-3-4-6-19-51(59)55-48-17-10-9-16-47(48)53/h7-17,20-31,36,46,49,52,57H,3-6,18-19,32-35,53H2,1-2H3,(H,54,58)(H,55,59)/t36-,46-,49+,52+/m1/s1. The van der Waals surface area contributed by atoms with Crippen LogP contribution in [0.5, 0.6) is 0 Å². The van der Waals surface area contributed by atoms with Gasteiger partial charge >= 0.3 is 0 Å². The van der Waals surface area contributed by atoms with Gasteiger partial charge in [-0.15, -0.1) is 0 Å². The number of ether oxygens (including phenoxy) is 2. The van der Waals surface area contributed by atoms with E-state index < -0.39 is 6.29 Å². The van der Waals surface area contributed by atoms with Crippen LogP contribution in [-0.2, 0) is 32.2 Å². The van der Waals surface area contributed by atoms with Crippen molar-refractivity contribution in [2.24, 2.45) is 0 Å². The number of anilines is 2. The predicted molar refractivity (Wildman–Crippen MR) is 244 cm³/mol. The van der Waals surface area contributed by atoms with E-state index in [1.807, 2.05) is 48.5 Å². The average Bonchev–Trinajstić information content (AvgIpc) is 3.29. The van der Waals surface area contributed by atoms with Crippen molar-refractivity contribution >= 4 is 34.0 Å². The van der Waals surface area contributed by atoms with E-state index in [-0.39, 0.29) is 36.7 Å². The van der Waals surface area contributed by atoms with Crippen LogP contribution < -0.4 is 16.4 Å². The summed E-state index contributed by atoms with van der Waals surface area (Å²) in [6.07, 6.45) is 4.08. The first kappa shape index (κ1) is 43.3. The van der Waals surface area contributed by atoms with Crippen LogP contribution >= 0.6 is 0 Å². The number of likely N-dealkylation sites (N-methyl/N-ethyl adjacent to an activating group) is 1. The molecule has 61 heavy (non-hydrogen) atoms. The monoisotopic (exact) mass is 818 g/mol. The first-order valence-corrected chi connectivity index (χ1v) is 21.5. The summed E-state index contributed by atoms with van der Waals surface area (Å²) < 4.78 is 13.4. The molecule has 2 amide bonds. The van der Waals surface area contributed by atoms with Crippen LogP contribution in [-0.4, -0.2) is 41.5 Å². The smallest absolute Gasteiger partial charge is 0.224 e. The van der Waals surface area contributed by atoms with Gasteiger partial charge in [0, 0.05) is 44.0 Å². The van der Waals surface area contributed by atoms with Crippen molar-refractivity contribution in [1.29, 1.82) is 0 Å². The van der Waals surface area contributed by atoms with E-state index in [9.17, 15) is 14.7 Å². The van der Waals surface area contributed by atoms with Gasteiger partial charge < -0.3 is 30.9 Å². The lowest BCUT2D eigenvalue weighted by Crippen LogP contribution is -2.38. The SMILES string of the molecule is C[C@H](c1ccc2ccccc2c1)N(C)C[C@H]1C[C@@H](c2ccc(CO)cc2)O[C@@H](c2ccc(-c3cccc(CNC(=O)CCCCCCC(=O)Nc4ccccc4N)c3)cc2)O1. The second kappa shape index (κ2) is 21.1. The third-order valence-electron chi connectivity index (χ3n) is 11.7. The number of nitrogens with one attached hydrogen (secondary N) is 2. The molecule has 0 saturated carbocycles. The molecule has 1 heterocycles. The van der Waals surface area contributed by atoms with Crippen molar-refractivity contribution in [2.75, 3.05) is 24.6 Å². The second-order valence-corrected chi connectivity index (χ2v) is 16.2. The van der Waals surface area contributed by atoms with E-state index in [1.165, 1.54) is 16.3 Å². The first-order chi connectivity index (χ1) is 29.7. The highest BCUT2D eigenvalue weighted by molar-refractivity contribution is 5.93. The van der Waals surface area contributed by atoms with Crippen LogP contribution in [0.2, 0.25) is 0 Å². The number of nitrogens with zero attached hydrogens (tertiary/aromatic N) is 1. The molecule has 7 rings (SSSR count). The maximum absolute atomic E-state index is 12.7. The summed E-state index contributed by atoms with van der Waals surface area (Å²) in [7, 11) is 2.16. The Morgan fingerprint density at radius 3 is 2.18 bits per heavy atom. The van der Waals surface area contributed by atoms with Crippen LogP contribution in [0.15, 0.2) is 140 Å². The number of rotatable bonds is 18. The summed E-state index contributed by atoms with van der Waals surface area (Å²) in [5.74, 6) is -0.0252. The molecule has 6 aromatic carbocycles. The lowest BCUT2D eigenvalue weighted by atomic mass is 9.98. The van der Waals surface area contributed by atoms with Gasteiger partial charge in [0.2, 0.25) is 11.8 Å². The molecule has 0 aromatic heterocycles. The van der Waals surface area contributed by atoms with Crippen LogP contribution in [0.3, 0.4) is 0 Å². The average molecular weight is 819 g/mol. The van der Waals surface area contributed by atoms with Gasteiger partial charge in [0.1, 0.15) is 0 Å². The molecule has 9 heteroatoms. The number of amides is 2. The van der Waals surface area contributed by atoms with Crippen molar-refractivity contribution < 1.29 is 24.2 Å². The zero-order chi connectivity index (χ0) is 42.6. The topological polar surface area (TPSA) is 126 Å². The Morgan fingerprint density at radius 2 is 1.43 bits per heavy atom. The minimum atomic E-state index is -0.555. The molecule has 0 aliphatic carbocycles. The van der Waals surface area contributed by atoms with Gasteiger partial charge in [-0.3, -0.25) is 14.5 Å². The van der Waals surface area contributed by atoms with Crippen LogP contribution in [0, 0.1) is 0 Å². The number of nitrogens with two attached hydrogens (primary N) is 1. The Labute approximate surface area is 359 Å². The molecule has 1 fully saturated rings. The summed E-state index contributed by atoms with van der Waals surface area (Å²) in [5, 5.41) is 18.1. The van der Waals surface area contributed by atoms with Crippen LogP contribution in [0.1, 0.15) is 98.1 Å². The molecular formula is C52H58N4O5. The van der Waals surface area contributed by atoms with Crippen molar-refractivity contribution in [2.45, 2.75) is 89.6 Å². The summed E-state index contributed by atoms with van der Waals surface area (Å²) in [6, 6.07) is 47.2. The first-order valence-electron chi connectivity index (χ1n) is 21.5. The van der Waals surface area contributed by atoms with Gasteiger partial charge in [-0.25, -0.2) is 0 Å². The van der Waals surface area contributed by atoms with Gasteiger partial charge in [-0.05, 0) is 95.2 Å². The fourth-order valence-electron chi connectivity index (χ4n) is 7.97. The van der Waals surface area contributed by atoms with Crippen molar-refractivity contribution in [3.63, 3.8) is 0 Å². The summed E-state index contributed by atoms with van der Waals surface area (Å²) in [5.41, 5.74) is 14.4. The second-order valence-electron chi connectivity index (χ2n) is 16.2. The van der Waals surface area contributed by atoms with E-state index in [0.717, 1.165) is 65.6 Å². The number of hydrogen-bond donors (Lipinski definition) is 4. The largest absolute Gasteiger partial charge is 0.397 e. The Kier molecular flexibility index (Phi) is 15.0. The fraction of sp³-hybridized carbons (Fsp3) is 0.308. The number of carbonyl (C=O) groups excluding carboxylic acids is 2. The lowest BCUT2D eigenvalue weighted by Gasteiger charge is -2.39. The third kappa shape index (κ3) is 11.9. The minimum absolute atomic E-state index is 0.000289.